The highest BCUT2D eigenvalue weighted by Gasteiger charge is 2.29. The molecule has 1 aliphatic heterocycles. The van der Waals surface area contributed by atoms with Gasteiger partial charge in [-0.15, -0.1) is 0 Å². The van der Waals surface area contributed by atoms with Gasteiger partial charge in [0.2, 0.25) is 5.95 Å². The lowest BCUT2D eigenvalue weighted by atomic mass is 10.1. The molecule has 1 fully saturated rings. The number of nitrogens with one attached hydrogen (secondary N) is 1. The van der Waals surface area contributed by atoms with E-state index in [-0.39, 0.29) is 5.56 Å². The number of aromatic nitrogens is 3. The standard InChI is InChI=1S/C16H17FN4O/c17-14-4-1-10(7-18-14)8-21-6-5-13-12(9-21)16(22)20-15(19-13)11-2-3-11/h1,4,7,11H,2-3,5-6,8-9H2,(H,19,20,22). The summed E-state index contributed by atoms with van der Waals surface area (Å²) in [6.07, 6.45) is 4.59. The Morgan fingerprint density at radius 1 is 1.36 bits per heavy atom. The number of rotatable bonds is 3. The first-order chi connectivity index (χ1) is 10.7. The van der Waals surface area contributed by atoms with Crippen LogP contribution in [0.1, 0.15) is 41.4 Å². The molecule has 114 valence electrons. The molecule has 0 radical (unpaired) electrons. The average molecular weight is 300 g/mol. The fourth-order valence-electron chi connectivity index (χ4n) is 2.94. The third kappa shape index (κ3) is 2.66. The van der Waals surface area contributed by atoms with Crippen LogP contribution in [0.4, 0.5) is 4.39 Å². The topological polar surface area (TPSA) is 61.9 Å². The zero-order valence-corrected chi connectivity index (χ0v) is 12.2. The molecular formula is C16H17FN4O. The highest BCUT2D eigenvalue weighted by molar-refractivity contribution is 5.23. The van der Waals surface area contributed by atoms with Gasteiger partial charge in [0.05, 0.1) is 11.3 Å². The van der Waals surface area contributed by atoms with E-state index in [1.165, 1.54) is 6.07 Å². The number of fused-ring (bicyclic) bond motifs is 1. The second-order valence-electron chi connectivity index (χ2n) is 6.10. The van der Waals surface area contributed by atoms with Crippen molar-refractivity contribution in [2.45, 2.75) is 38.3 Å². The van der Waals surface area contributed by atoms with E-state index >= 15 is 0 Å². The number of aromatic amines is 1. The Kier molecular flexibility index (Phi) is 3.26. The Morgan fingerprint density at radius 3 is 2.95 bits per heavy atom. The SMILES string of the molecule is O=c1[nH]c(C2CC2)nc2c1CN(Cc1ccc(F)nc1)CC2. The van der Waals surface area contributed by atoms with Crippen LogP contribution in [0.25, 0.3) is 0 Å². The van der Waals surface area contributed by atoms with Crippen molar-refractivity contribution in [3.8, 4) is 0 Å². The van der Waals surface area contributed by atoms with Crippen LogP contribution >= 0.6 is 0 Å². The highest BCUT2D eigenvalue weighted by Crippen LogP contribution is 2.37. The number of nitrogens with zero attached hydrogens (tertiary/aromatic N) is 3. The number of H-pyrrole nitrogens is 1. The molecule has 6 heteroatoms. The zero-order valence-electron chi connectivity index (χ0n) is 12.2. The predicted molar refractivity (Wildman–Crippen MR) is 78.8 cm³/mol. The van der Waals surface area contributed by atoms with Gasteiger partial charge in [-0.3, -0.25) is 9.69 Å². The lowest BCUT2D eigenvalue weighted by molar-refractivity contribution is 0.241. The van der Waals surface area contributed by atoms with Crippen LogP contribution in [0.5, 0.6) is 0 Å². The van der Waals surface area contributed by atoms with E-state index in [0.29, 0.717) is 19.0 Å². The van der Waals surface area contributed by atoms with Gasteiger partial charge in [0.25, 0.3) is 5.56 Å². The van der Waals surface area contributed by atoms with Gasteiger partial charge in [-0.25, -0.2) is 9.97 Å². The van der Waals surface area contributed by atoms with Gasteiger partial charge in [0, 0.05) is 38.2 Å². The molecule has 22 heavy (non-hydrogen) atoms. The molecule has 1 saturated carbocycles. The van der Waals surface area contributed by atoms with Gasteiger partial charge in [-0.1, -0.05) is 6.07 Å². The van der Waals surface area contributed by atoms with Gasteiger partial charge in [0.15, 0.2) is 0 Å². The molecule has 3 heterocycles. The Labute approximate surface area is 127 Å². The minimum absolute atomic E-state index is 0.00571. The molecule has 0 atom stereocenters. The summed E-state index contributed by atoms with van der Waals surface area (Å²) in [6, 6.07) is 3.10. The fraction of sp³-hybridized carbons (Fsp3) is 0.438. The number of hydrogen-bond donors (Lipinski definition) is 1. The summed E-state index contributed by atoms with van der Waals surface area (Å²) in [4.78, 5) is 25.7. The maximum atomic E-state index is 12.8. The summed E-state index contributed by atoms with van der Waals surface area (Å²) >= 11 is 0. The average Bonchev–Trinajstić information content (AvgIpc) is 3.35. The largest absolute Gasteiger partial charge is 0.310 e. The van der Waals surface area contributed by atoms with Gasteiger partial charge in [0.1, 0.15) is 5.82 Å². The van der Waals surface area contributed by atoms with E-state index in [9.17, 15) is 9.18 Å². The van der Waals surface area contributed by atoms with Crippen LogP contribution in [0, 0.1) is 5.95 Å². The molecule has 5 nitrogen and oxygen atoms in total. The number of halogens is 1. The summed E-state index contributed by atoms with van der Waals surface area (Å²) in [6.45, 7) is 2.10. The van der Waals surface area contributed by atoms with Crippen molar-refractivity contribution in [2.75, 3.05) is 6.54 Å². The molecule has 4 rings (SSSR count). The van der Waals surface area contributed by atoms with Gasteiger partial charge in [-0.2, -0.15) is 4.39 Å². The van der Waals surface area contributed by atoms with Crippen molar-refractivity contribution in [2.24, 2.45) is 0 Å². The minimum atomic E-state index is -0.471. The molecule has 0 bridgehead atoms. The Hall–Kier alpha value is -2.08. The third-order valence-corrected chi connectivity index (χ3v) is 4.32. The summed E-state index contributed by atoms with van der Waals surface area (Å²) in [5, 5.41) is 0. The molecule has 2 aromatic rings. The molecule has 1 aliphatic carbocycles. The number of hydrogen-bond acceptors (Lipinski definition) is 4. The molecule has 2 aromatic heterocycles. The third-order valence-electron chi connectivity index (χ3n) is 4.32. The van der Waals surface area contributed by atoms with Crippen molar-refractivity contribution >= 4 is 0 Å². The molecule has 0 spiro atoms. The van der Waals surface area contributed by atoms with Crippen LogP contribution in [-0.4, -0.2) is 26.4 Å². The van der Waals surface area contributed by atoms with Gasteiger partial charge >= 0.3 is 0 Å². The monoisotopic (exact) mass is 300 g/mol. The molecule has 1 N–H and O–H groups in total. The van der Waals surface area contributed by atoms with E-state index in [0.717, 1.165) is 48.5 Å². The van der Waals surface area contributed by atoms with Crippen molar-refractivity contribution in [3.63, 3.8) is 0 Å². The zero-order chi connectivity index (χ0) is 15.1. The minimum Gasteiger partial charge on any atom is -0.310 e. The summed E-state index contributed by atoms with van der Waals surface area (Å²) in [5.41, 5.74) is 2.66. The van der Waals surface area contributed by atoms with E-state index in [1.807, 2.05) is 0 Å². The number of pyridine rings is 1. The van der Waals surface area contributed by atoms with Crippen LogP contribution in [-0.2, 0) is 19.5 Å². The van der Waals surface area contributed by atoms with E-state index < -0.39 is 5.95 Å². The van der Waals surface area contributed by atoms with E-state index in [1.54, 1.807) is 12.3 Å². The Bertz CT molecular complexity index is 752. The normalized spacial score (nSPS) is 18.2. The molecule has 0 saturated heterocycles. The van der Waals surface area contributed by atoms with Gasteiger partial charge in [-0.05, 0) is 24.5 Å². The molecule has 2 aliphatic rings. The molecule has 0 amide bonds. The van der Waals surface area contributed by atoms with Crippen molar-refractivity contribution in [1.82, 2.24) is 19.9 Å². The molecule has 0 aromatic carbocycles. The molecule has 0 unspecified atom stereocenters. The van der Waals surface area contributed by atoms with Gasteiger partial charge < -0.3 is 4.98 Å². The van der Waals surface area contributed by atoms with Crippen LogP contribution in [0.15, 0.2) is 23.1 Å². The maximum absolute atomic E-state index is 12.8. The van der Waals surface area contributed by atoms with Crippen LogP contribution < -0.4 is 5.56 Å². The Morgan fingerprint density at radius 2 is 2.23 bits per heavy atom. The smallest absolute Gasteiger partial charge is 0.255 e. The first-order valence-corrected chi connectivity index (χ1v) is 7.64. The fourth-order valence-corrected chi connectivity index (χ4v) is 2.94. The van der Waals surface area contributed by atoms with E-state index in [2.05, 4.69) is 19.9 Å². The predicted octanol–water partition coefficient (Wildman–Crippen LogP) is 1.74. The maximum Gasteiger partial charge on any atom is 0.255 e. The van der Waals surface area contributed by atoms with Crippen LogP contribution in [0.2, 0.25) is 0 Å². The summed E-state index contributed by atoms with van der Waals surface area (Å²) in [7, 11) is 0. The summed E-state index contributed by atoms with van der Waals surface area (Å²) < 4.78 is 12.8. The van der Waals surface area contributed by atoms with E-state index in [4.69, 9.17) is 0 Å². The lowest BCUT2D eigenvalue weighted by Crippen LogP contribution is -2.35. The van der Waals surface area contributed by atoms with Crippen molar-refractivity contribution in [1.29, 1.82) is 0 Å². The second-order valence-corrected chi connectivity index (χ2v) is 6.10. The quantitative estimate of drug-likeness (QED) is 0.877. The first-order valence-electron chi connectivity index (χ1n) is 7.64. The van der Waals surface area contributed by atoms with Crippen molar-refractivity contribution < 1.29 is 4.39 Å². The lowest BCUT2D eigenvalue weighted by Gasteiger charge is -2.27. The Balaban J connectivity index is 1.53. The second kappa shape index (κ2) is 5.28. The highest BCUT2D eigenvalue weighted by atomic mass is 19.1. The van der Waals surface area contributed by atoms with Crippen molar-refractivity contribution in [3.05, 3.63) is 57.3 Å². The summed E-state index contributed by atoms with van der Waals surface area (Å²) in [5.74, 6) is 0.849. The first kappa shape index (κ1) is 13.6. The van der Waals surface area contributed by atoms with Crippen LogP contribution in [0.3, 0.4) is 0 Å². The molecular weight excluding hydrogens is 283 g/mol.